The molecule has 1 saturated heterocycles. The van der Waals surface area contributed by atoms with Crippen molar-refractivity contribution in [3.63, 3.8) is 0 Å². The lowest BCUT2D eigenvalue weighted by Crippen LogP contribution is -2.11. The molecule has 1 aromatic carbocycles. The number of ether oxygens (including phenoxy) is 2. The van der Waals surface area contributed by atoms with Crippen LogP contribution in [-0.4, -0.2) is 45.8 Å². The van der Waals surface area contributed by atoms with Gasteiger partial charge in [-0.1, -0.05) is 24.8 Å². The van der Waals surface area contributed by atoms with Crippen molar-refractivity contribution in [2.45, 2.75) is 19.3 Å². The fourth-order valence-corrected chi connectivity index (χ4v) is 4.48. The maximum atomic E-state index is 12.8. The lowest BCUT2D eigenvalue weighted by molar-refractivity contribution is -0.139. The summed E-state index contributed by atoms with van der Waals surface area (Å²) in [7, 11) is 1.45. The van der Waals surface area contributed by atoms with Crippen LogP contribution < -0.4 is 9.47 Å². The molecule has 2 aromatic rings. The van der Waals surface area contributed by atoms with Crippen LogP contribution in [-0.2, 0) is 16.0 Å². The van der Waals surface area contributed by atoms with Crippen molar-refractivity contribution in [2.24, 2.45) is 0 Å². The second-order valence-corrected chi connectivity index (χ2v) is 7.93. The number of allylic oxidation sites excluding steroid dienone is 1. The van der Waals surface area contributed by atoms with Crippen LogP contribution in [0.4, 0.5) is 0 Å². The third-order valence-electron chi connectivity index (χ3n) is 3.86. The number of hydrogen-bond acceptors (Lipinski definition) is 9. The average molecular weight is 419 g/mol. The number of nitrogens with one attached hydrogen (secondary N) is 1. The number of Topliss-reactive ketones (excluding diaryl/α,β-unsaturated/α-hetero) is 1. The van der Waals surface area contributed by atoms with Gasteiger partial charge in [0.25, 0.3) is 0 Å². The highest BCUT2D eigenvalue weighted by Crippen LogP contribution is 2.42. The zero-order chi connectivity index (χ0) is 20.3. The van der Waals surface area contributed by atoms with Crippen LogP contribution in [0.15, 0.2) is 23.1 Å². The van der Waals surface area contributed by atoms with Gasteiger partial charge < -0.3 is 14.6 Å². The summed E-state index contributed by atoms with van der Waals surface area (Å²) in [6, 6.07) is 4.92. The first-order valence-corrected chi connectivity index (χ1v) is 9.93. The number of aryl methyl sites for hydroxylation is 1. The molecule has 8 nitrogen and oxygen atoms in total. The molecular formula is C18H17N3O5S2. The number of benzene rings is 1. The Morgan fingerprint density at radius 3 is 2.79 bits per heavy atom. The van der Waals surface area contributed by atoms with Crippen LogP contribution in [0.1, 0.15) is 28.4 Å². The second-order valence-electron chi connectivity index (χ2n) is 5.75. The Bertz CT molecular complexity index is 970. The minimum atomic E-state index is -1.09. The summed E-state index contributed by atoms with van der Waals surface area (Å²) in [5, 5.41) is 26.6. The number of thioether (sulfide) groups is 1. The van der Waals surface area contributed by atoms with E-state index in [9.17, 15) is 9.59 Å². The minimum Gasteiger partial charge on any atom is -0.493 e. The Morgan fingerprint density at radius 2 is 2.14 bits per heavy atom. The van der Waals surface area contributed by atoms with Gasteiger partial charge in [0.05, 0.1) is 17.1 Å². The highest BCUT2D eigenvalue weighted by Gasteiger charge is 2.39. The molecule has 0 unspecified atom stereocenters. The van der Waals surface area contributed by atoms with Gasteiger partial charge in [-0.25, -0.2) is 4.79 Å². The predicted molar refractivity (Wildman–Crippen MR) is 106 cm³/mol. The molecular weight excluding hydrogens is 402 g/mol. The Morgan fingerprint density at radius 1 is 1.36 bits per heavy atom. The molecule has 1 aliphatic rings. The number of carbonyl (C=O) groups excluding carboxylic acids is 1. The number of aliphatic carboxylic acids is 1. The molecule has 0 saturated carbocycles. The molecule has 0 spiro atoms. The number of carbonyl (C=O) groups is 2. The van der Waals surface area contributed by atoms with Gasteiger partial charge in [0.1, 0.15) is 15.9 Å². The van der Waals surface area contributed by atoms with Crippen LogP contribution >= 0.6 is 23.1 Å². The van der Waals surface area contributed by atoms with E-state index in [1.807, 2.05) is 6.92 Å². The summed E-state index contributed by atoms with van der Waals surface area (Å²) in [5.74, 6) is -1.32. The van der Waals surface area contributed by atoms with E-state index in [0.717, 1.165) is 23.2 Å². The van der Waals surface area contributed by atoms with E-state index >= 15 is 0 Å². The number of rotatable bonds is 7. The summed E-state index contributed by atoms with van der Waals surface area (Å²) >= 11 is 2.46. The minimum absolute atomic E-state index is 0.182. The van der Waals surface area contributed by atoms with Gasteiger partial charge in [-0.3, -0.25) is 10.2 Å². The molecule has 2 heterocycles. The lowest BCUT2D eigenvalue weighted by Gasteiger charge is -2.09. The van der Waals surface area contributed by atoms with Crippen molar-refractivity contribution in [1.82, 2.24) is 10.2 Å². The molecule has 1 aromatic heterocycles. The smallest absolute Gasteiger partial charge is 0.341 e. The van der Waals surface area contributed by atoms with Gasteiger partial charge in [0, 0.05) is 0 Å². The van der Waals surface area contributed by atoms with Gasteiger partial charge in [-0.15, -0.1) is 21.5 Å². The number of ketones is 1. The monoisotopic (exact) mass is 419 g/mol. The molecule has 10 heteroatoms. The van der Waals surface area contributed by atoms with Crippen LogP contribution in [0.2, 0.25) is 0 Å². The Balaban J connectivity index is 1.84. The summed E-state index contributed by atoms with van der Waals surface area (Å²) in [4.78, 5) is 23.9. The Hall–Kier alpha value is -2.72. The molecule has 0 bridgehead atoms. The molecule has 0 radical (unpaired) electrons. The highest BCUT2D eigenvalue weighted by molar-refractivity contribution is 8.19. The van der Waals surface area contributed by atoms with Crippen LogP contribution in [0, 0.1) is 5.41 Å². The van der Waals surface area contributed by atoms with Crippen molar-refractivity contribution >= 4 is 46.0 Å². The van der Waals surface area contributed by atoms with Crippen molar-refractivity contribution in [3.8, 4) is 11.5 Å². The molecule has 0 amide bonds. The van der Waals surface area contributed by atoms with Gasteiger partial charge in [0.2, 0.25) is 0 Å². The van der Waals surface area contributed by atoms with E-state index in [0.29, 0.717) is 27.0 Å². The fourth-order valence-electron chi connectivity index (χ4n) is 2.52. The summed E-state index contributed by atoms with van der Waals surface area (Å²) in [5.41, 5.74) is 0.676. The van der Waals surface area contributed by atoms with E-state index in [1.54, 1.807) is 24.3 Å². The van der Waals surface area contributed by atoms with Crippen LogP contribution in [0.3, 0.4) is 0 Å². The van der Waals surface area contributed by atoms with Crippen LogP contribution in [0.25, 0.3) is 6.08 Å². The first-order chi connectivity index (χ1) is 13.4. The lowest BCUT2D eigenvalue weighted by atomic mass is 10.1. The summed E-state index contributed by atoms with van der Waals surface area (Å²) in [6.07, 6.45) is 2.41. The largest absolute Gasteiger partial charge is 0.493 e. The van der Waals surface area contributed by atoms with Crippen molar-refractivity contribution in [2.75, 3.05) is 13.7 Å². The third kappa shape index (κ3) is 4.23. The first kappa shape index (κ1) is 20.0. The number of hydrogen-bond donors (Lipinski definition) is 2. The normalized spacial score (nSPS) is 17.9. The number of aromatic nitrogens is 2. The fraction of sp³-hybridized carbons (Fsp3) is 0.278. The van der Waals surface area contributed by atoms with E-state index < -0.39 is 18.5 Å². The molecule has 1 fully saturated rings. The summed E-state index contributed by atoms with van der Waals surface area (Å²) in [6.45, 7) is 1.48. The van der Waals surface area contributed by atoms with Gasteiger partial charge >= 0.3 is 5.97 Å². The van der Waals surface area contributed by atoms with Crippen LogP contribution in [0.5, 0.6) is 11.5 Å². The number of methoxy groups -OCH3 is 1. The zero-order valence-electron chi connectivity index (χ0n) is 15.1. The van der Waals surface area contributed by atoms with E-state index in [1.165, 1.54) is 18.4 Å². The molecule has 1 aliphatic heterocycles. The Kier molecular flexibility index (Phi) is 6.10. The Labute approximate surface area is 169 Å². The standard InChI is InChI=1S/C18H17N3O5S2/c1-3-13-20-21-18(28-13)15-16(24)12(27-17(15)19)7-9-4-5-10(11(6-9)25-2)26-8-14(22)23/h4-7,15,19H,3,8H2,1-2H3,(H,22,23)/b12-7-,19-17?/t15-/m1/s1. The second kappa shape index (κ2) is 8.53. The molecule has 28 heavy (non-hydrogen) atoms. The molecule has 0 aliphatic carbocycles. The topological polar surface area (TPSA) is 122 Å². The predicted octanol–water partition coefficient (Wildman–Crippen LogP) is 2.99. The number of carboxylic acid groups (broad SMARTS) is 1. The third-order valence-corrected chi connectivity index (χ3v) is 5.98. The van der Waals surface area contributed by atoms with Gasteiger partial charge in [-0.2, -0.15) is 0 Å². The van der Waals surface area contributed by atoms with E-state index in [-0.39, 0.29) is 10.8 Å². The SMILES string of the molecule is CCc1nnc([C@H]2C(=N)S/C(=C\c3ccc(OCC(=O)O)c(OC)c3)C2=O)s1. The van der Waals surface area contributed by atoms with E-state index in [2.05, 4.69) is 10.2 Å². The quantitative estimate of drug-likeness (QED) is 0.657. The molecule has 3 rings (SSSR count). The van der Waals surface area contributed by atoms with Gasteiger partial charge in [0.15, 0.2) is 23.9 Å². The van der Waals surface area contributed by atoms with Crippen molar-refractivity contribution in [3.05, 3.63) is 38.7 Å². The van der Waals surface area contributed by atoms with E-state index in [4.69, 9.17) is 20.0 Å². The maximum Gasteiger partial charge on any atom is 0.341 e. The number of nitrogens with zero attached hydrogens (tertiary/aromatic N) is 2. The van der Waals surface area contributed by atoms with Crippen molar-refractivity contribution < 1.29 is 24.2 Å². The summed E-state index contributed by atoms with van der Waals surface area (Å²) < 4.78 is 10.4. The van der Waals surface area contributed by atoms with Gasteiger partial charge in [-0.05, 0) is 30.2 Å². The first-order valence-electron chi connectivity index (χ1n) is 8.30. The zero-order valence-corrected chi connectivity index (χ0v) is 16.7. The van der Waals surface area contributed by atoms with Crippen molar-refractivity contribution in [1.29, 1.82) is 5.41 Å². The maximum absolute atomic E-state index is 12.8. The average Bonchev–Trinajstić information content (AvgIpc) is 3.24. The number of carboxylic acids is 1. The molecule has 1 atom stereocenters. The molecule has 2 N–H and O–H groups in total. The highest BCUT2D eigenvalue weighted by atomic mass is 32.2. The molecule has 146 valence electrons.